The first-order valence-corrected chi connectivity index (χ1v) is 8.77. The molecule has 1 amide bonds. The SMILES string of the molecule is COc1ccc2sc(N(Cc3ccccc3)C(=O)c3ccno3)nc2c1. The van der Waals surface area contributed by atoms with Crippen LogP contribution in [0.1, 0.15) is 16.1 Å². The molecule has 7 heteroatoms. The van der Waals surface area contributed by atoms with Gasteiger partial charge in [0.15, 0.2) is 5.13 Å². The number of thiazole rings is 1. The molecule has 0 unspecified atom stereocenters. The zero-order chi connectivity index (χ0) is 17.9. The highest BCUT2D eigenvalue weighted by atomic mass is 32.1. The van der Waals surface area contributed by atoms with Gasteiger partial charge in [0.1, 0.15) is 5.75 Å². The van der Waals surface area contributed by atoms with Gasteiger partial charge in [-0.1, -0.05) is 46.8 Å². The molecule has 0 bridgehead atoms. The molecule has 0 saturated carbocycles. The van der Waals surface area contributed by atoms with Crippen molar-refractivity contribution in [1.82, 2.24) is 10.1 Å². The van der Waals surface area contributed by atoms with Crippen molar-refractivity contribution in [3.05, 3.63) is 72.1 Å². The maximum atomic E-state index is 12.9. The smallest absolute Gasteiger partial charge is 0.298 e. The number of carbonyl (C=O) groups is 1. The summed E-state index contributed by atoms with van der Waals surface area (Å²) in [5.41, 5.74) is 1.78. The van der Waals surface area contributed by atoms with Gasteiger partial charge in [-0.15, -0.1) is 0 Å². The Morgan fingerprint density at radius 2 is 2.04 bits per heavy atom. The molecule has 0 N–H and O–H groups in total. The Balaban J connectivity index is 1.75. The maximum Gasteiger partial charge on any atom is 0.298 e. The second-order valence-electron chi connectivity index (χ2n) is 5.58. The standard InChI is InChI=1S/C19H15N3O3S/c1-24-14-7-8-17-15(11-14)21-19(26-17)22(12-13-5-3-2-4-6-13)18(23)16-9-10-20-25-16/h2-11H,12H2,1H3. The fourth-order valence-corrected chi connectivity index (χ4v) is 3.53. The molecule has 2 heterocycles. The van der Waals surface area contributed by atoms with Crippen LogP contribution >= 0.6 is 11.3 Å². The molecule has 0 saturated heterocycles. The van der Waals surface area contributed by atoms with Gasteiger partial charge in [0.05, 0.1) is 30.1 Å². The summed E-state index contributed by atoms with van der Waals surface area (Å²) in [6.45, 7) is 0.386. The molecule has 0 atom stereocenters. The van der Waals surface area contributed by atoms with Gasteiger partial charge in [-0.25, -0.2) is 4.98 Å². The molecule has 2 aromatic carbocycles. The van der Waals surface area contributed by atoms with Crippen LogP contribution in [0.25, 0.3) is 10.2 Å². The molecule has 0 aliphatic carbocycles. The van der Waals surface area contributed by atoms with Crippen LogP contribution in [0.4, 0.5) is 5.13 Å². The van der Waals surface area contributed by atoms with Crippen molar-refractivity contribution in [2.75, 3.05) is 12.0 Å². The Morgan fingerprint density at radius 1 is 1.19 bits per heavy atom. The van der Waals surface area contributed by atoms with Crippen molar-refractivity contribution in [1.29, 1.82) is 0 Å². The zero-order valence-corrected chi connectivity index (χ0v) is 14.8. The van der Waals surface area contributed by atoms with Gasteiger partial charge in [-0.05, 0) is 17.7 Å². The summed E-state index contributed by atoms with van der Waals surface area (Å²) in [7, 11) is 1.61. The second kappa shape index (κ2) is 6.97. The first-order chi connectivity index (χ1) is 12.7. The normalized spacial score (nSPS) is 10.8. The monoisotopic (exact) mass is 365 g/mol. The zero-order valence-electron chi connectivity index (χ0n) is 14.0. The fourth-order valence-electron chi connectivity index (χ4n) is 2.59. The fraction of sp³-hybridized carbons (Fsp3) is 0.105. The van der Waals surface area contributed by atoms with Gasteiger partial charge >= 0.3 is 0 Å². The van der Waals surface area contributed by atoms with Crippen LogP contribution in [-0.4, -0.2) is 23.2 Å². The van der Waals surface area contributed by atoms with E-state index in [4.69, 9.17) is 9.26 Å². The molecular formula is C19H15N3O3S. The quantitative estimate of drug-likeness (QED) is 0.532. The first-order valence-electron chi connectivity index (χ1n) is 7.95. The lowest BCUT2D eigenvalue weighted by Crippen LogP contribution is -2.30. The first kappa shape index (κ1) is 16.3. The molecule has 0 radical (unpaired) electrons. The van der Waals surface area contributed by atoms with E-state index in [-0.39, 0.29) is 11.7 Å². The molecule has 4 rings (SSSR count). The lowest BCUT2D eigenvalue weighted by Gasteiger charge is -2.18. The van der Waals surface area contributed by atoms with Crippen LogP contribution < -0.4 is 9.64 Å². The van der Waals surface area contributed by atoms with Crippen molar-refractivity contribution < 1.29 is 14.1 Å². The predicted octanol–water partition coefficient (Wildman–Crippen LogP) is 4.14. The summed E-state index contributed by atoms with van der Waals surface area (Å²) in [5, 5.41) is 4.23. The molecule has 0 fully saturated rings. The Kier molecular flexibility index (Phi) is 4.37. The van der Waals surface area contributed by atoms with E-state index in [1.165, 1.54) is 17.5 Å². The highest BCUT2D eigenvalue weighted by Crippen LogP contribution is 2.32. The lowest BCUT2D eigenvalue weighted by molar-refractivity contribution is 0.0949. The molecule has 26 heavy (non-hydrogen) atoms. The van der Waals surface area contributed by atoms with E-state index in [1.54, 1.807) is 18.1 Å². The topological polar surface area (TPSA) is 68.5 Å². The predicted molar refractivity (Wildman–Crippen MR) is 99.6 cm³/mol. The number of hydrogen-bond donors (Lipinski definition) is 0. The Morgan fingerprint density at radius 3 is 2.77 bits per heavy atom. The molecule has 130 valence electrons. The number of amides is 1. The number of carbonyl (C=O) groups excluding carboxylic acids is 1. The average molecular weight is 365 g/mol. The van der Waals surface area contributed by atoms with E-state index in [2.05, 4.69) is 10.1 Å². The van der Waals surface area contributed by atoms with Crippen LogP contribution in [0, 0.1) is 0 Å². The van der Waals surface area contributed by atoms with Crippen molar-refractivity contribution in [3.63, 3.8) is 0 Å². The summed E-state index contributed by atoms with van der Waals surface area (Å²) >= 11 is 1.45. The molecule has 4 aromatic rings. The van der Waals surface area contributed by atoms with Crippen LogP contribution in [-0.2, 0) is 6.54 Å². The summed E-state index contributed by atoms with van der Waals surface area (Å²) < 4.78 is 11.3. The van der Waals surface area contributed by atoms with Crippen molar-refractivity contribution in [2.45, 2.75) is 6.54 Å². The number of anilines is 1. The third-order valence-electron chi connectivity index (χ3n) is 3.89. The number of benzene rings is 2. The van der Waals surface area contributed by atoms with E-state index in [0.717, 1.165) is 21.5 Å². The van der Waals surface area contributed by atoms with Gasteiger partial charge < -0.3 is 9.26 Å². The van der Waals surface area contributed by atoms with E-state index in [1.807, 2.05) is 48.5 Å². The third-order valence-corrected chi connectivity index (χ3v) is 4.95. The summed E-state index contributed by atoms with van der Waals surface area (Å²) in [4.78, 5) is 19.2. The number of methoxy groups -OCH3 is 1. The molecule has 6 nitrogen and oxygen atoms in total. The number of aromatic nitrogens is 2. The van der Waals surface area contributed by atoms with Gasteiger partial charge in [0, 0.05) is 12.1 Å². The molecule has 0 aliphatic heterocycles. The second-order valence-corrected chi connectivity index (χ2v) is 6.59. The minimum absolute atomic E-state index is 0.178. The van der Waals surface area contributed by atoms with E-state index < -0.39 is 0 Å². The van der Waals surface area contributed by atoms with Crippen molar-refractivity contribution in [2.24, 2.45) is 0 Å². The van der Waals surface area contributed by atoms with E-state index >= 15 is 0 Å². The Hall–Kier alpha value is -3.19. The van der Waals surface area contributed by atoms with Gasteiger partial charge in [0.2, 0.25) is 5.76 Å². The summed E-state index contributed by atoms with van der Waals surface area (Å²) in [6, 6.07) is 17.0. The van der Waals surface area contributed by atoms with Gasteiger partial charge in [-0.2, -0.15) is 0 Å². The minimum Gasteiger partial charge on any atom is -0.497 e. The molecule has 2 aromatic heterocycles. The highest BCUT2D eigenvalue weighted by Gasteiger charge is 2.24. The van der Waals surface area contributed by atoms with E-state index in [9.17, 15) is 4.79 Å². The minimum atomic E-state index is -0.280. The summed E-state index contributed by atoms with van der Waals surface area (Å²) in [6.07, 6.45) is 1.46. The third kappa shape index (κ3) is 3.16. The van der Waals surface area contributed by atoms with Crippen LogP contribution in [0.5, 0.6) is 5.75 Å². The number of nitrogens with zero attached hydrogens (tertiary/aromatic N) is 3. The Bertz CT molecular complexity index is 1030. The van der Waals surface area contributed by atoms with E-state index in [0.29, 0.717) is 11.7 Å². The molecular weight excluding hydrogens is 350 g/mol. The van der Waals surface area contributed by atoms with Crippen molar-refractivity contribution in [3.8, 4) is 5.75 Å². The number of fused-ring (bicyclic) bond motifs is 1. The highest BCUT2D eigenvalue weighted by molar-refractivity contribution is 7.22. The molecule has 0 spiro atoms. The van der Waals surface area contributed by atoms with Crippen LogP contribution in [0.3, 0.4) is 0 Å². The number of hydrogen-bond acceptors (Lipinski definition) is 6. The summed E-state index contributed by atoms with van der Waals surface area (Å²) in [5.74, 6) is 0.626. The average Bonchev–Trinajstić information content (AvgIpc) is 3.35. The van der Waals surface area contributed by atoms with Crippen LogP contribution in [0.15, 0.2) is 65.3 Å². The lowest BCUT2D eigenvalue weighted by atomic mass is 10.2. The maximum absolute atomic E-state index is 12.9. The number of ether oxygens (including phenoxy) is 1. The number of rotatable bonds is 5. The van der Waals surface area contributed by atoms with Crippen LogP contribution in [0.2, 0.25) is 0 Å². The largest absolute Gasteiger partial charge is 0.497 e. The van der Waals surface area contributed by atoms with Gasteiger partial charge in [0.25, 0.3) is 5.91 Å². The Labute approximate surface area is 153 Å². The molecule has 0 aliphatic rings. The van der Waals surface area contributed by atoms with Gasteiger partial charge in [-0.3, -0.25) is 9.69 Å². The van der Waals surface area contributed by atoms with Crippen molar-refractivity contribution >= 4 is 32.6 Å².